The highest BCUT2D eigenvalue weighted by Crippen LogP contribution is 2.63. The number of para-hydroxylation sites is 4. The van der Waals surface area contributed by atoms with Crippen LogP contribution in [0.2, 0.25) is 5.02 Å². The quantitative estimate of drug-likeness (QED) is 0.0741. The van der Waals surface area contributed by atoms with Gasteiger partial charge in [-0.1, -0.05) is 336 Å². The van der Waals surface area contributed by atoms with E-state index in [9.17, 15) is 0 Å². The predicted octanol–water partition coefficient (Wildman–Crippen LogP) is 33.5. The molecule has 5 aromatic heterocycles. The lowest BCUT2D eigenvalue weighted by molar-refractivity contribution is 0.000659. The number of anilines is 8. The summed E-state index contributed by atoms with van der Waals surface area (Å²) in [7, 11) is 0. The molecule has 0 saturated heterocycles. The minimum atomic E-state index is 0.542. The minimum absolute atomic E-state index is 0.542. The number of aryl methyl sites for hydroxylation is 1. The Labute approximate surface area is 817 Å². The van der Waals surface area contributed by atoms with E-state index in [1.807, 2.05) is 64.5 Å². The molecular formula is C121H116ClN9S4. The maximum Gasteiger partial charge on any atom is 0.144 e. The SMILES string of the molecule is Cc1ccc(-c2nc(-c3ccccc3)c(N(c3ccccc3)C3C4CC5CC(C4)CC3C5)s2)cc1.Clc1ccc(-c2nc(-c3ccccc3)c(N(c3ccccc3)C3C4CC5CC(C4)CC3C5)s2)cc1.c1ccc(-c2nc(-c3ccccc3)c(N(c3ccccc3)C3C4CC5CC(C4)CC3C5)s2)cc1.c1ccc(-c2nc(-c3ccccn3)sc2N(c2ccccc2)C2CC3CCC2C3)cc1. The molecule has 14 saturated carbocycles. The summed E-state index contributed by atoms with van der Waals surface area (Å²) in [5.74, 6) is 12.1. The van der Waals surface area contributed by atoms with Crippen molar-refractivity contribution in [1.29, 1.82) is 0 Å². The van der Waals surface area contributed by atoms with Gasteiger partial charge in [0, 0.05) is 97.1 Å². The van der Waals surface area contributed by atoms with Gasteiger partial charge in [0.1, 0.15) is 62.8 Å². The van der Waals surface area contributed by atoms with Crippen molar-refractivity contribution in [1.82, 2.24) is 24.9 Å². The van der Waals surface area contributed by atoms with Gasteiger partial charge in [0.15, 0.2) is 0 Å². The summed E-state index contributed by atoms with van der Waals surface area (Å²) in [6.45, 7) is 2.15. The average Bonchev–Trinajstić information content (AvgIpc) is 1.73. The van der Waals surface area contributed by atoms with Crippen LogP contribution in [-0.4, -0.2) is 49.1 Å². The molecule has 14 aliphatic carbocycles. The molecule has 9 nitrogen and oxygen atoms in total. The van der Waals surface area contributed by atoms with Crippen molar-refractivity contribution in [3.8, 4) is 87.4 Å². The maximum atomic E-state index is 6.21. The Morgan fingerprint density at radius 2 is 0.504 bits per heavy atom. The first kappa shape index (κ1) is 86.4. The second kappa shape index (κ2) is 38.3. The zero-order valence-electron chi connectivity index (χ0n) is 76.8. The standard InChI is InChI=1S/C32H32N2S.C31H29ClN2S.C31H30N2S.C27H25N3S/c1-21-12-14-25(15-13-21)31-33-29(24-8-4-2-5-9-24)32(35-31)34(28-10-6-3-7-11-28)30-26-17-22-16-23(19-26)20-27(30)18-22;32-26-13-11-23(12-14-26)30-33-28(22-7-3-1-4-8-22)31(35-30)34(27-9-5-2-6-10-27)29-24-16-20-15-21(18-24)19-25(29)17-20;1-4-10-23(11-5-1)28-31(34-30(32-28)24-12-6-2-7-13-24)33(27-14-8-3-9-15-27)29-25-17-21-16-22(19-25)20-26(29)18-21;1-3-9-20(10-4-1)25-27(31-26(29-25)23-13-7-8-16-28-23)30(22-11-5-2-6-12-22)24-18-19-14-15-21(24)17-19/h2-15,22-23,26-27,30H,16-20H2,1H3;1-14,20-21,24-25,29H,15-19H2;1-15,21-22,25-26,29H,16-20H2;1-13,16,19,21,24H,14-15,17-18H2. The number of fused-ring (bicyclic) bond motifs is 2. The molecule has 135 heavy (non-hydrogen) atoms. The molecule has 14 fully saturated rings. The number of benzene rings is 11. The molecule has 11 aromatic carbocycles. The van der Waals surface area contributed by atoms with E-state index < -0.39 is 0 Å². The molecule has 0 spiro atoms. The molecule has 3 unspecified atom stereocenters. The smallest absolute Gasteiger partial charge is 0.144 e. The molecule has 676 valence electrons. The van der Waals surface area contributed by atoms with Crippen molar-refractivity contribution >= 4 is 99.7 Å². The summed E-state index contributed by atoms with van der Waals surface area (Å²) in [5.41, 5.74) is 20.2. The third kappa shape index (κ3) is 17.7. The molecule has 30 rings (SSSR count). The summed E-state index contributed by atoms with van der Waals surface area (Å²) in [4.78, 5) is 36.4. The summed E-state index contributed by atoms with van der Waals surface area (Å²) >= 11 is 13.6. The van der Waals surface area contributed by atoms with Crippen LogP contribution in [0.1, 0.15) is 128 Å². The van der Waals surface area contributed by atoms with Crippen molar-refractivity contribution < 1.29 is 0 Å². The fourth-order valence-electron chi connectivity index (χ4n) is 27.4. The molecule has 14 bridgehead atoms. The van der Waals surface area contributed by atoms with E-state index in [2.05, 4.69) is 347 Å². The number of rotatable bonds is 20. The van der Waals surface area contributed by atoms with E-state index in [-0.39, 0.29) is 0 Å². The number of hydrogen-bond donors (Lipinski definition) is 0. The number of nitrogens with zero attached hydrogens (tertiary/aromatic N) is 9. The van der Waals surface area contributed by atoms with E-state index >= 15 is 0 Å². The van der Waals surface area contributed by atoms with Crippen LogP contribution in [-0.2, 0) is 0 Å². The van der Waals surface area contributed by atoms with E-state index in [1.165, 1.54) is 204 Å². The molecule has 3 atom stereocenters. The van der Waals surface area contributed by atoms with Crippen LogP contribution >= 0.6 is 56.9 Å². The number of hydrogen-bond acceptors (Lipinski definition) is 13. The van der Waals surface area contributed by atoms with E-state index in [1.54, 1.807) is 11.3 Å². The highest BCUT2D eigenvalue weighted by Gasteiger charge is 2.55. The third-order valence-electron chi connectivity index (χ3n) is 32.4. The second-order valence-electron chi connectivity index (χ2n) is 40.9. The molecule has 14 heteroatoms. The third-order valence-corrected chi connectivity index (χ3v) is 37.0. The van der Waals surface area contributed by atoms with Crippen LogP contribution in [0.25, 0.3) is 87.4 Å². The van der Waals surface area contributed by atoms with Gasteiger partial charge >= 0.3 is 0 Å². The molecule has 5 heterocycles. The van der Waals surface area contributed by atoms with Crippen LogP contribution in [0.15, 0.2) is 346 Å². The first-order valence-electron chi connectivity index (χ1n) is 50.1. The summed E-state index contributed by atoms with van der Waals surface area (Å²) in [5, 5.41) is 10.2. The number of halogens is 1. The summed E-state index contributed by atoms with van der Waals surface area (Å²) < 4.78 is 0. The maximum absolute atomic E-state index is 6.21. The van der Waals surface area contributed by atoms with E-state index in [0.717, 1.165) is 142 Å². The van der Waals surface area contributed by atoms with Gasteiger partial charge in [-0.3, -0.25) is 4.98 Å². The van der Waals surface area contributed by atoms with Gasteiger partial charge in [0.25, 0.3) is 0 Å². The number of aromatic nitrogens is 5. The van der Waals surface area contributed by atoms with Crippen LogP contribution in [0, 0.1) is 89.8 Å². The summed E-state index contributed by atoms with van der Waals surface area (Å²) in [6.07, 6.45) is 28.5. The normalized spacial score (nSPS) is 25.7. The van der Waals surface area contributed by atoms with Gasteiger partial charge < -0.3 is 19.6 Å². The van der Waals surface area contributed by atoms with Crippen LogP contribution < -0.4 is 19.6 Å². The molecule has 0 N–H and O–H groups in total. The fraction of sp³-hybridized carbons (Fsp3) is 0.314. The highest BCUT2D eigenvalue weighted by atomic mass is 35.5. The van der Waals surface area contributed by atoms with Crippen LogP contribution in [0.3, 0.4) is 0 Å². The van der Waals surface area contributed by atoms with Gasteiger partial charge in [0.05, 0.1) is 5.69 Å². The van der Waals surface area contributed by atoms with Gasteiger partial charge in [-0.25, -0.2) is 19.9 Å². The molecule has 0 radical (unpaired) electrons. The Hall–Kier alpha value is -11.4. The number of pyridine rings is 1. The molecule has 14 aliphatic rings. The lowest BCUT2D eigenvalue weighted by atomic mass is 9.54. The van der Waals surface area contributed by atoms with Gasteiger partial charge in [-0.15, -0.1) is 0 Å². The lowest BCUT2D eigenvalue weighted by Crippen LogP contribution is -2.54. The molecule has 16 aromatic rings. The van der Waals surface area contributed by atoms with Crippen LogP contribution in [0.5, 0.6) is 0 Å². The summed E-state index contributed by atoms with van der Waals surface area (Å²) in [6, 6.07) is 123. The predicted molar refractivity (Wildman–Crippen MR) is 566 cm³/mol. The average molecular weight is 1860 g/mol. The lowest BCUT2D eigenvalue weighted by Gasteiger charge is -2.57. The zero-order chi connectivity index (χ0) is 89.8. The molecular weight excluding hydrogens is 1740 g/mol. The monoisotopic (exact) mass is 1860 g/mol. The van der Waals surface area contributed by atoms with Crippen molar-refractivity contribution in [2.45, 2.75) is 153 Å². The molecule has 0 amide bonds. The Bertz CT molecular complexity index is 6370. The van der Waals surface area contributed by atoms with E-state index in [4.69, 9.17) is 31.5 Å². The first-order chi connectivity index (χ1) is 66.6. The largest absolute Gasteiger partial charge is 0.328 e. The Balaban J connectivity index is 0.0000000987. The van der Waals surface area contributed by atoms with Crippen LogP contribution in [0.4, 0.5) is 42.8 Å². The molecule has 0 aliphatic heterocycles. The first-order valence-corrected chi connectivity index (χ1v) is 53.7. The Kier molecular flexibility index (Phi) is 24.5. The fourth-order valence-corrected chi connectivity index (χ4v) is 32.2. The van der Waals surface area contributed by atoms with Crippen molar-refractivity contribution in [3.05, 3.63) is 356 Å². The Morgan fingerprint density at radius 3 is 0.807 bits per heavy atom. The van der Waals surface area contributed by atoms with Gasteiger partial charge in [0.2, 0.25) is 0 Å². The number of thiazole rings is 4. The topological polar surface area (TPSA) is 77.4 Å². The highest BCUT2D eigenvalue weighted by molar-refractivity contribution is 7.20. The Morgan fingerprint density at radius 1 is 0.237 bits per heavy atom. The zero-order valence-corrected chi connectivity index (χ0v) is 80.8. The van der Waals surface area contributed by atoms with Gasteiger partial charge in [-0.2, -0.15) is 0 Å². The van der Waals surface area contributed by atoms with Crippen molar-refractivity contribution in [2.24, 2.45) is 82.9 Å². The second-order valence-corrected chi connectivity index (χ2v) is 45.3. The minimum Gasteiger partial charge on any atom is -0.328 e. The van der Waals surface area contributed by atoms with Crippen molar-refractivity contribution in [3.63, 3.8) is 0 Å². The van der Waals surface area contributed by atoms with E-state index in [0.29, 0.717) is 24.2 Å². The van der Waals surface area contributed by atoms with Gasteiger partial charge in [-0.05, 0) is 278 Å². The van der Waals surface area contributed by atoms with Crippen molar-refractivity contribution in [2.75, 3.05) is 19.6 Å².